The molecule has 0 saturated heterocycles. The molecule has 0 radical (unpaired) electrons. The lowest BCUT2D eigenvalue weighted by molar-refractivity contribution is -0.255. The lowest BCUT2D eigenvalue weighted by Gasteiger charge is -2.13. The van der Waals surface area contributed by atoms with Crippen molar-refractivity contribution in [3.05, 3.63) is 70.4 Å². The molecule has 1 atom stereocenters. The lowest BCUT2D eigenvalue weighted by atomic mass is 9.98. The van der Waals surface area contributed by atoms with E-state index in [-0.39, 0.29) is 5.56 Å². The molecular weight excluding hydrogens is 348 g/mol. The maximum Gasteiger partial charge on any atom is 0.0834 e. The van der Waals surface area contributed by atoms with E-state index in [0.717, 1.165) is 17.7 Å². The number of carbonyl (C=O) groups is 1. The Morgan fingerprint density at radius 2 is 1.77 bits per heavy atom. The quantitative estimate of drug-likeness (QED) is 0.672. The first-order valence-corrected chi connectivity index (χ1v) is 8.97. The highest BCUT2D eigenvalue weighted by molar-refractivity contribution is 6.30. The van der Waals surface area contributed by atoms with Gasteiger partial charge in [0.25, 0.3) is 0 Å². The van der Waals surface area contributed by atoms with Crippen molar-refractivity contribution in [2.45, 2.75) is 33.1 Å². The fourth-order valence-corrected chi connectivity index (χ4v) is 3.14. The summed E-state index contributed by atoms with van der Waals surface area (Å²) in [5.74, 6) is -0.771. The van der Waals surface area contributed by atoms with E-state index in [0.29, 0.717) is 22.3 Å². The normalized spacial score (nSPS) is 12.2. The van der Waals surface area contributed by atoms with Gasteiger partial charge in [-0.1, -0.05) is 49.7 Å². The molecule has 1 aromatic heterocycles. The molecule has 134 valence electrons. The summed E-state index contributed by atoms with van der Waals surface area (Å²) in [6.07, 6.45) is 1.06. The van der Waals surface area contributed by atoms with E-state index >= 15 is 0 Å². The van der Waals surface area contributed by atoms with Gasteiger partial charge in [-0.25, -0.2) is 4.68 Å². The maximum atomic E-state index is 11.7. The molecule has 0 aliphatic carbocycles. The van der Waals surface area contributed by atoms with Crippen LogP contribution in [0, 0.1) is 6.92 Å². The molecule has 0 aliphatic heterocycles. The van der Waals surface area contributed by atoms with Gasteiger partial charge in [0, 0.05) is 16.1 Å². The van der Waals surface area contributed by atoms with Crippen LogP contribution in [0.5, 0.6) is 0 Å². The van der Waals surface area contributed by atoms with Crippen LogP contribution in [-0.2, 0) is 0 Å². The van der Waals surface area contributed by atoms with Gasteiger partial charge >= 0.3 is 0 Å². The molecule has 0 fully saturated rings. The van der Waals surface area contributed by atoms with Crippen molar-refractivity contribution in [1.82, 2.24) is 9.78 Å². The summed E-state index contributed by atoms with van der Waals surface area (Å²) in [5, 5.41) is 16.8. The first kappa shape index (κ1) is 18.2. The average Bonchev–Trinajstić information content (AvgIpc) is 2.99. The third kappa shape index (κ3) is 3.37. The van der Waals surface area contributed by atoms with Gasteiger partial charge < -0.3 is 9.90 Å². The monoisotopic (exact) mass is 367 g/mol. The Morgan fingerprint density at radius 1 is 1.15 bits per heavy atom. The SMILES string of the molecule is CC[C@@H](C)c1ccc(-n2nc(C)c(C(=O)[O-])c2-c2ccc(Cl)cc2)cc1. The molecule has 3 aromatic rings. The van der Waals surface area contributed by atoms with E-state index in [4.69, 9.17) is 11.6 Å². The first-order chi connectivity index (χ1) is 12.4. The summed E-state index contributed by atoms with van der Waals surface area (Å²) in [7, 11) is 0. The van der Waals surface area contributed by atoms with Crippen LogP contribution in [0.15, 0.2) is 48.5 Å². The molecule has 0 bridgehead atoms. The predicted molar refractivity (Wildman–Crippen MR) is 102 cm³/mol. The zero-order chi connectivity index (χ0) is 18.8. The highest BCUT2D eigenvalue weighted by atomic mass is 35.5. The van der Waals surface area contributed by atoms with Gasteiger partial charge in [-0.05, 0) is 49.1 Å². The van der Waals surface area contributed by atoms with Gasteiger partial charge in [0.2, 0.25) is 0 Å². The maximum absolute atomic E-state index is 11.7. The van der Waals surface area contributed by atoms with Gasteiger partial charge in [-0.3, -0.25) is 0 Å². The van der Waals surface area contributed by atoms with E-state index in [1.54, 1.807) is 35.9 Å². The van der Waals surface area contributed by atoms with Crippen LogP contribution in [0.25, 0.3) is 16.9 Å². The molecular formula is C21H20ClN2O2-. The molecule has 0 amide bonds. The Kier molecular flexibility index (Phi) is 5.14. The number of benzene rings is 2. The number of hydrogen-bond acceptors (Lipinski definition) is 3. The van der Waals surface area contributed by atoms with Crippen LogP contribution in [0.2, 0.25) is 5.02 Å². The van der Waals surface area contributed by atoms with E-state index in [9.17, 15) is 9.90 Å². The molecule has 0 spiro atoms. The van der Waals surface area contributed by atoms with Crippen molar-refractivity contribution in [2.75, 3.05) is 0 Å². The van der Waals surface area contributed by atoms with E-state index < -0.39 is 5.97 Å². The molecule has 0 saturated carbocycles. The second kappa shape index (κ2) is 7.34. The number of aromatic nitrogens is 2. The number of nitrogens with zero attached hydrogens (tertiary/aromatic N) is 2. The summed E-state index contributed by atoms with van der Waals surface area (Å²) in [6, 6.07) is 15.1. The topological polar surface area (TPSA) is 58.0 Å². The Hall–Kier alpha value is -2.59. The number of aromatic carboxylic acids is 1. The summed E-state index contributed by atoms with van der Waals surface area (Å²) in [5.41, 5.74) is 3.78. The zero-order valence-corrected chi connectivity index (χ0v) is 15.7. The third-order valence-electron chi connectivity index (χ3n) is 4.70. The lowest BCUT2D eigenvalue weighted by Crippen LogP contribution is -2.23. The minimum atomic E-state index is -1.24. The zero-order valence-electron chi connectivity index (χ0n) is 15.0. The molecule has 3 rings (SSSR count). The van der Waals surface area contributed by atoms with Crippen LogP contribution < -0.4 is 5.11 Å². The number of hydrogen-bond donors (Lipinski definition) is 0. The van der Waals surface area contributed by atoms with Crippen molar-refractivity contribution in [3.63, 3.8) is 0 Å². The number of rotatable bonds is 5. The average molecular weight is 368 g/mol. The summed E-state index contributed by atoms with van der Waals surface area (Å²) in [6.45, 7) is 6.01. The fraction of sp³-hybridized carbons (Fsp3) is 0.238. The summed E-state index contributed by atoms with van der Waals surface area (Å²) >= 11 is 5.97. The number of halogens is 1. The fourth-order valence-electron chi connectivity index (χ4n) is 3.01. The van der Waals surface area contributed by atoms with Crippen LogP contribution in [-0.4, -0.2) is 15.7 Å². The summed E-state index contributed by atoms with van der Waals surface area (Å²) < 4.78 is 1.66. The van der Waals surface area contributed by atoms with Crippen LogP contribution in [0.3, 0.4) is 0 Å². The Bertz CT molecular complexity index is 928. The molecule has 1 heterocycles. The predicted octanol–water partition coefficient (Wildman–Crippen LogP) is 4.38. The van der Waals surface area contributed by atoms with E-state index in [1.807, 2.05) is 12.1 Å². The van der Waals surface area contributed by atoms with Gasteiger partial charge in [-0.15, -0.1) is 0 Å². The first-order valence-electron chi connectivity index (χ1n) is 8.59. The number of carboxylic acid groups (broad SMARTS) is 1. The van der Waals surface area contributed by atoms with Crippen molar-refractivity contribution in [3.8, 4) is 16.9 Å². The molecule has 26 heavy (non-hydrogen) atoms. The third-order valence-corrected chi connectivity index (χ3v) is 4.95. The van der Waals surface area contributed by atoms with Gasteiger partial charge in [-0.2, -0.15) is 5.10 Å². The van der Waals surface area contributed by atoms with Crippen molar-refractivity contribution in [1.29, 1.82) is 0 Å². The largest absolute Gasteiger partial charge is 0.545 e. The minimum absolute atomic E-state index is 0.0957. The van der Waals surface area contributed by atoms with Gasteiger partial charge in [0.1, 0.15) is 0 Å². The number of carbonyl (C=O) groups excluding carboxylic acids is 1. The summed E-state index contributed by atoms with van der Waals surface area (Å²) in [4.78, 5) is 11.7. The molecule has 0 aliphatic rings. The smallest absolute Gasteiger partial charge is 0.0834 e. The Morgan fingerprint density at radius 3 is 2.31 bits per heavy atom. The Labute approximate surface area is 158 Å². The molecule has 0 N–H and O–H groups in total. The van der Waals surface area contributed by atoms with Crippen molar-refractivity contribution in [2.24, 2.45) is 0 Å². The van der Waals surface area contributed by atoms with E-state index in [1.165, 1.54) is 5.56 Å². The minimum Gasteiger partial charge on any atom is -0.545 e. The van der Waals surface area contributed by atoms with Crippen LogP contribution in [0.1, 0.15) is 47.8 Å². The second-order valence-corrected chi connectivity index (χ2v) is 6.85. The number of aryl methyl sites for hydroxylation is 1. The molecule has 5 heteroatoms. The number of carboxylic acids is 1. The highest BCUT2D eigenvalue weighted by Crippen LogP contribution is 2.30. The molecule has 0 unspecified atom stereocenters. The highest BCUT2D eigenvalue weighted by Gasteiger charge is 2.19. The van der Waals surface area contributed by atoms with Crippen LogP contribution in [0.4, 0.5) is 0 Å². The van der Waals surface area contributed by atoms with Crippen molar-refractivity contribution < 1.29 is 9.90 Å². The second-order valence-electron chi connectivity index (χ2n) is 6.42. The van der Waals surface area contributed by atoms with Gasteiger partial charge in [0.15, 0.2) is 0 Å². The Balaban J connectivity index is 2.17. The molecule has 2 aromatic carbocycles. The van der Waals surface area contributed by atoms with E-state index in [2.05, 4.69) is 31.1 Å². The van der Waals surface area contributed by atoms with Crippen molar-refractivity contribution >= 4 is 17.6 Å². The molecule has 4 nitrogen and oxygen atoms in total. The van der Waals surface area contributed by atoms with Crippen LogP contribution >= 0.6 is 11.6 Å². The van der Waals surface area contributed by atoms with Gasteiger partial charge in [0.05, 0.1) is 23.0 Å². The standard InChI is InChI=1S/C21H21ClN2O2/c1-4-13(2)15-7-11-18(12-8-15)24-20(16-5-9-17(22)10-6-16)19(21(25)26)14(3)23-24/h5-13H,4H2,1-3H3,(H,25,26)/p-1/t13-/m1/s1.